The van der Waals surface area contributed by atoms with E-state index in [0.717, 1.165) is 24.6 Å². The van der Waals surface area contributed by atoms with Crippen molar-refractivity contribution in [3.05, 3.63) is 69.8 Å². The minimum Gasteiger partial charge on any atom is -0.491 e. The minimum atomic E-state index is -1.20. The summed E-state index contributed by atoms with van der Waals surface area (Å²) in [5, 5.41) is -0.0755. The Morgan fingerprint density at radius 3 is 2.30 bits per heavy atom. The third kappa shape index (κ3) is 3.71. The molecule has 2 aliphatic rings. The molecule has 1 aliphatic heterocycles. The minimum absolute atomic E-state index is 0.00580. The largest absolute Gasteiger partial charge is 0.491 e. The molecule has 33 heavy (non-hydrogen) atoms. The van der Waals surface area contributed by atoms with Gasteiger partial charge in [0.2, 0.25) is 11.2 Å². The average molecular weight is 457 g/mol. The molecule has 2 fully saturated rings. The van der Waals surface area contributed by atoms with Crippen molar-refractivity contribution in [2.24, 2.45) is 0 Å². The first kappa shape index (κ1) is 21.4. The zero-order valence-corrected chi connectivity index (χ0v) is 18.0. The lowest BCUT2D eigenvalue weighted by Crippen LogP contribution is -2.49. The van der Waals surface area contributed by atoms with E-state index < -0.39 is 23.0 Å². The first-order chi connectivity index (χ1) is 15.9. The van der Waals surface area contributed by atoms with E-state index >= 15 is 0 Å². The van der Waals surface area contributed by atoms with Crippen LogP contribution >= 0.6 is 0 Å². The van der Waals surface area contributed by atoms with Crippen LogP contribution in [0.1, 0.15) is 29.2 Å². The third-order valence-corrected chi connectivity index (χ3v) is 6.30. The Balaban J connectivity index is 1.48. The molecule has 2 heterocycles. The highest BCUT2D eigenvalue weighted by Gasteiger charge is 2.32. The van der Waals surface area contributed by atoms with E-state index in [0.29, 0.717) is 26.2 Å². The van der Waals surface area contributed by atoms with Crippen LogP contribution in [0.15, 0.2) is 41.3 Å². The van der Waals surface area contributed by atoms with Crippen LogP contribution in [-0.4, -0.2) is 48.7 Å². The molecule has 1 saturated heterocycles. The molecule has 0 unspecified atom stereocenters. The number of hydrogen-bond donors (Lipinski definition) is 0. The second-order valence-electron chi connectivity index (χ2n) is 8.37. The van der Waals surface area contributed by atoms with Crippen molar-refractivity contribution >= 4 is 22.5 Å². The molecular formula is C24H22F3N3O3. The van der Waals surface area contributed by atoms with Gasteiger partial charge in [0.1, 0.15) is 11.4 Å². The predicted octanol–water partition coefficient (Wildman–Crippen LogP) is 3.72. The molecule has 0 radical (unpaired) electrons. The highest BCUT2D eigenvalue weighted by atomic mass is 19.2. The highest BCUT2D eigenvalue weighted by Crippen LogP contribution is 2.40. The molecule has 1 aliphatic carbocycles. The summed E-state index contributed by atoms with van der Waals surface area (Å²) in [4.78, 5) is 30.1. The van der Waals surface area contributed by atoms with Crippen LogP contribution in [0.5, 0.6) is 5.75 Å². The van der Waals surface area contributed by atoms with Crippen LogP contribution in [0.25, 0.3) is 10.9 Å². The number of nitrogens with zero attached hydrogens (tertiary/aromatic N) is 3. The number of halogens is 3. The maximum atomic E-state index is 14.4. The summed E-state index contributed by atoms with van der Waals surface area (Å²) in [6.45, 7) is 1.79. The molecule has 0 N–H and O–H groups in total. The second kappa shape index (κ2) is 8.13. The number of carbonyl (C=O) groups excluding carboxylic acids is 1. The topological polar surface area (TPSA) is 54.8 Å². The van der Waals surface area contributed by atoms with Gasteiger partial charge < -0.3 is 19.1 Å². The van der Waals surface area contributed by atoms with Gasteiger partial charge >= 0.3 is 0 Å². The molecule has 6 nitrogen and oxygen atoms in total. The summed E-state index contributed by atoms with van der Waals surface area (Å²) in [5.41, 5.74) is 0.305. The van der Waals surface area contributed by atoms with Gasteiger partial charge in [0, 0.05) is 44.1 Å². The molecule has 9 heteroatoms. The predicted molar refractivity (Wildman–Crippen MR) is 117 cm³/mol. The maximum absolute atomic E-state index is 14.4. The number of carbonyl (C=O) groups is 1. The van der Waals surface area contributed by atoms with E-state index in [1.54, 1.807) is 21.6 Å². The fourth-order valence-electron chi connectivity index (χ4n) is 4.40. The quantitative estimate of drug-likeness (QED) is 0.599. The normalized spacial score (nSPS) is 16.4. The zero-order chi connectivity index (χ0) is 23.3. The third-order valence-electron chi connectivity index (χ3n) is 6.30. The monoisotopic (exact) mass is 457 g/mol. The van der Waals surface area contributed by atoms with E-state index in [4.69, 9.17) is 4.74 Å². The molecule has 1 saturated carbocycles. The molecule has 1 aromatic heterocycles. The standard InChI is InChI=1S/C24H22F3N3O3/c1-33-23-20(27)19(26)12-17-21(23)30(16-6-7-16)13-18(22(17)31)24(32)29-10-8-28(9-11-29)15-4-2-14(25)3-5-15/h2-5,12-13,16H,6-11H2,1H3. The van der Waals surface area contributed by atoms with Crippen molar-refractivity contribution in [3.63, 3.8) is 0 Å². The van der Waals surface area contributed by atoms with Crippen molar-refractivity contribution < 1.29 is 22.7 Å². The Labute approximate surface area is 187 Å². The summed E-state index contributed by atoms with van der Waals surface area (Å²) in [5.74, 6) is -3.45. The molecule has 1 amide bonds. The van der Waals surface area contributed by atoms with Crippen molar-refractivity contribution in [3.8, 4) is 5.75 Å². The van der Waals surface area contributed by atoms with Crippen molar-refractivity contribution in [1.82, 2.24) is 9.47 Å². The number of piperazine rings is 1. The van der Waals surface area contributed by atoms with Gasteiger partial charge in [-0.3, -0.25) is 9.59 Å². The Morgan fingerprint density at radius 1 is 1.03 bits per heavy atom. The highest BCUT2D eigenvalue weighted by molar-refractivity contribution is 5.98. The van der Waals surface area contributed by atoms with Gasteiger partial charge in [-0.05, 0) is 43.2 Å². The van der Waals surface area contributed by atoms with Gasteiger partial charge in [-0.2, -0.15) is 4.39 Å². The number of ether oxygens (including phenoxy) is 1. The van der Waals surface area contributed by atoms with E-state index in [1.807, 2.05) is 4.90 Å². The Kier molecular flexibility index (Phi) is 5.26. The first-order valence-electron chi connectivity index (χ1n) is 10.8. The van der Waals surface area contributed by atoms with Crippen molar-refractivity contribution in [1.29, 1.82) is 0 Å². The van der Waals surface area contributed by atoms with Gasteiger partial charge in [-0.25, -0.2) is 8.78 Å². The summed E-state index contributed by atoms with van der Waals surface area (Å²) in [6, 6.07) is 6.99. The van der Waals surface area contributed by atoms with Crippen LogP contribution in [-0.2, 0) is 0 Å². The molecule has 0 atom stereocenters. The first-order valence-corrected chi connectivity index (χ1v) is 10.8. The van der Waals surface area contributed by atoms with E-state index in [1.165, 1.54) is 25.4 Å². The van der Waals surface area contributed by atoms with Crippen LogP contribution in [0.4, 0.5) is 18.9 Å². The average Bonchev–Trinajstić information content (AvgIpc) is 3.66. The number of amides is 1. The lowest BCUT2D eigenvalue weighted by Gasteiger charge is -2.36. The number of aromatic nitrogens is 1. The van der Waals surface area contributed by atoms with Gasteiger partial charge in [0.15, 0.2) is 11.6 Å². The number of benzene rings is 2. The van der Waals surface area contributed by atoms with Crippen LogP contribution in [0.2, 0.25) is 0 Å². The number of methoxy groups -OCH3 is 1. The van der Waals surface area contributed by atoms with Crippen LogP contribution in [0, 0.1) is 17.5 Å². The van der Waals surface area contributed by atoms with Gasteiger partial charge in [0.25, 0.3) is 5.91 Å². The molecule has 2 aromatic carbocycles. The Morgan fingerprint density at radius 2 is 1.70 bits per heavy atom. The molecule has 0 spiro atoms. The van der Waals surface area contributed by atoms with Crippen LogP contribution in [0.3, 0.4) is 0 Å². The molecular weight excluding hydrogens is 435 g/mol. The fraction of sp³-hybridized carbons (Fsp3) is 0.333. The number of pyridine rings is 1. The van der Waals surface area contributed by atoms with E-state index in [-0.39, 0.29) is 34.1 Å². The van der Waals surface area contributed by atoms with Gasteiger partial charge in [-0.15, -0.1) is 0 Å². The smallest absolute Gasteiger partial charge is 0.259 e. The zero-order valence-electron chi connectivity index (χ0n) is 18.0. The maximum Gasteiger partial charge on any atom is 0.259 e. The number of anilines is 1. The van der Waals surface area contributed by atoms with Gasteiger partial charge in [-0.1, -0.05) is 0 Å². The molecule has 3 aromatic rings. The van der Waals surface area contributed by atoms with Crippen LogP contribution < -0.4 is 15.1 Å². The lowest BCUT2D eigenvalue weighted by atomic mass is 10.1. The summed E-state index contributed by atoms with van der Waals surface area (Å²) in [7, 11) is 1.22. The second-order valence-corrected chi connectivity index (χ2v) is 8.37. The molecule has 5 rings (SSSR count). The molecule has 0 bridgehead atoms. The number of hydrogen-bond acceptors (Lipinski definition) is 4. The lowest BCUT2D eigenvalue weighted by molar-refractivity contribution is 0.0745. The van der Waals surface area contributed by atoms with E-state index in [2.05, 4.69) is 0 Å². The Bertz CT molecular complexity index is 1290. The molecule has 172 valence electrons. The van der Waals surface area contributed by atoms with Crippen molar-refractivity contribution in [2.75, 3.05) is 38.2 Å². The Hall–Kier alpha value is -3.49. The van der Waals surface area contributed by atoms with Crippen molar-refractivity contribution in [2.45, 2.75) is 18.9 Å². The summed E-state index contributed by atoms with van der Waals surface area (Å²) in [6.07, 6.45) is 3.07. The fourth-order valence-corrected chi connectivity index (χ4v) is 4.40. The number of fused-ring (bicyclic) bond motifs is 1. The van der Waals surface area contributed by atoms with Gasteiger partial charge in [0.05, 0.1) is 18.0 Å². The number of rotatable bonds is 4. The van der Waals surface area contributed by atoms with E-state index in [9.17, 15) is 22.8 Å². The SMILES string of the molecule is COc1c(F)c(F)cc2c(=O)c(C(=O)N3CCN(c4ccc(F)cc4)CC3)cn(C3CC3)c12. The summed E-state index contributed by atoms with van der Waals surface area (Å²) >= 11 is 0. The summed E-state index contributed by atoms with van der Waals surface area (Å²) < 4.78 is 48.5.